The maximum atomic E-state index is 13.4. The first kappa shape index (κ1) is 25.0. The zero-order valence-corrected chi connectivity index (χ0v) is 15.4. The summed E-state index contributed by atoms with van der Waals surface area (Å²) >= 11 is 5.23. The Morgan fingerprint density at radius 1 is 0.719 bits per heavy atom. The molecular formula is C15H5ClF9N3O4. The molecule has 0 spiro atoms. The minimum absolute atomic E-state index is 0.00538. The van der Waals surface area contributed by atoms with E-state index in [4.69, 9.17) is 11.6 Å². The normalized spacial score (nSPS) is 12.6. The fourth-order valence-corrected chi connectivity index (χ4v) is 2.75. The van der Waals surface area contributed by atoms with Gasteiger partial charge in [-0.05, 0) is 12.1 Å². The summed E-state index contributed by atoms with van der Waals surface area (Å²) < 4.78 is 119. The Balaban J connectivity index is 2.92. The van der Waals surface area contributed by atoms with Crippen LogP contribution in [0.5, 0.6) is 0 Å². The van der Waals surface area contributed by atoms with Gasteiger partial charge in [-0.3, -0.25) is 20.2 Å². The van der Waals surface area contributed by atoms with Crippen LogP contribution in [-0.2, 0) is 18.5 Å². The first-order valence-electron chi connectivity index (χ1n) is 7.63. The second-order valence-corrected chi connectivity index (χ2v) is 6.30. The predicted octanol–water partition coefficient (Wildman–Crippen LogP) is 6.96. The molecule has 17 heteroatoms. The van der Waals surface area contributed by atoms with Crippen molar-refractivity contribution in [3.05, 3.63) is 66.2 Å². The monoisotopic (exact) mass is 497 g/mol. The molecule has 0 aliphatic carbocycles. The van der Waals surface area contributed by atoms with Gasteiger partial charge in [0.1, 0.15) is 5.69 Å². The van der Waals surface area contributed by atoms with Gasteiger partial charge < -0.3 is 5.32 Å². The molecule has 1 N–H and O–H groups in total. The average molecular weight is 498 g/mol. The van der Waals surface area contributed by atoms with Crippen molar-refractivity contribution >= 4 is 34.4 Å². The van der Waals surface area contributed by atoms with E-state index in [1.54, 1.807) is 0 Å². The molecule has 0 heterocycles. The second kappa shape index (κ2) is 7.99. The summed E-state index contributed by atoms with van der Waals surface area (Å²) in [5, 5.41) is 21.9. The predicted molar refractivity (Wildman–Crippen MR) is 89.5 cm³/mol. The Labute approximate surface area is 174 Å². The highest BCUT2D eigenvalue weighted by Gasteiger charge is 2.43. The standard InChI is InChI=1S/C15H5ClF9N3O4/c16-9-3-7(14(20,21)22)10(4-6(9)13(17,18)19)26-12-8(15(23,24)25)1-5(27(29)30)2-11(12)28(31)32/h1-4,26H. The molecule has 0 atom stereocenters. The number of anilines is 2. The summed E-state index contributed by atoms with van der Waals surface area (Å²) in [7, 11) is 0. The van der Waals surface area contributed by atoms with E-state index >= 15 is 0 Å². The molecule has 0 aliphatic rings. The molecule has 2 rings (SSSR count). The lowest BCUT2D eigenvalue weighted by Gasteiger charge is -2.20. The number of nitro benzene ring substituents is 2. The largest absolute Gasteiger partial charge is 0.418 e. The molecule has 0 aromatic heterocycles. The number of alkyl halides is 9. The van der Waals surface area contributed by atoms with Gasteiger partial charge in [0, 0.05) is 6.07 Å². The Morgan fingerprint density at radius 3 is 1.62 bits per heavy atom. The maximum absolute atomic E-state index is 13.4. The summed E-state index contributed by atoms with van der Waals surface area (Å²) in [6, 6.07) is -0.720. The molecule has 174 valence electrons. The van der Waals surface area contributed by atoms with Crippen molar-refractivity contribution < 1.29 is 49.4 Å². The van der Waals surface area contributed by atoms with Crippen molar-refractivity contribution in [2.24, 2.45) is 0 Å². The second-order valence-electron chi connectivity index (χ2n) is 5.90. The summed E-state index contributed by atoms with van der Waals surface area (Å²) in [6.07, 6.45) is -16.4. The van der Waals surface area contributed by atoms with Crippen LogP contribution in [0.25, 0.3) is 0 Å². The van der Waals surface area contributed by atoms with Crippen LogP contribution in [0.1, 0.15) is 16.7 Å². The summed E-state index contributed by atoms with van der Waals surface area (Å²) in [5.41, 5.74) is -12.6. The van der Waals surface area contributed by atoms with Crippen LogP contribution in [-0.4, -0.2) is 9.85 Å². The van der Waals surface area contributed by atoms with E-state index in [9.17, 15) is 59.7 Å². The lowest BCUT2D eigenvalue weighted by Crippen LogP contribution is -2.16. The van der Waals surface area contributed by atoms with E-state index in [2.05, 4.69) is 0 Å². The Kier molecular flexibility index (Phi) is 6.24. The number of hydrogen-bond donors (Lipinski definition) is 1. The molecule has 2 aromatic rings. The number of nitro groups is 2. The number of benzene rings is 2. The maximum Gasteiger partial charge on any atom is 0.418 e. The SMILES string of the molecule is O=[N+]([O-])c1cc([N+](=O)[O-])c(Nc2cc(C(F)(F)F)c(Cl)cc2C(F)(F)F)c(C(F)(F)F)c1. The van der Waals surface area contributed by atoms with Crippen molar-refractivity contribution in [2.45, 2.75) is 18.5 Å². The summed E-state index contributed by atoms with van der Waals surface area (Å²) in [6.45, 7) is 0. The average Bonchev–Trinajstić information content (AvgIpc) is 2.59. The minimum atomic E-state index is -5.59. The van der Waals surface area contributed by atoms with E-state index in [0.29, 0.717) is 0 Å². The minimum Gasteiger partial charge on any atom is -0.349 e. The lowest BCUT2D eigenvalue weighted by atomic mass is 10.0. The van der Waals surface area contributed by atoms with Gasteiger partial charge in [0.05, 0.1) is 43.3 Å². The number of halogens is 10. The lowest BCUT2D eigenvalue weighted by molar-refractivity contribution is -0.394. The van der Waals surface area contributed by atoms with Crippen molar-refractivity contribution in [1.29, 1.82) is 0 Å². The quantitative estimate of drug-likeness (QED) is 0.280. The van der Waals surface area contributed by atoms with Crippen LogP contribution in [0, 0.1) is 20.2 Å². The molecule has 0 unspecified atom stereocenters. The molecule has 2 aromatic carbocycles. The molecule has 0 aliphatic heterocycles. The van der Waals surface area contributed by atoms with Crippen LogP contribution < -0.4 is 5.32 Å². The molecule has 0 radical (unpaired) electrons. The first-order valence-corrected chi connectivity index (χ1v) is 8.00. The number of rotatable bonds is 4. The zero-order chi connectivity index (χ0) is 24.8. The number of non-ortho nitro benzene ring substituents is 1. The third-order valence-corrected chi connectivity index (χ3v) is 4.11. The highest BCUT2D eigenvalue weighted by atomic mass is 35.5. The van der Waals surface area contributed by atoms with E-state index < -0.39 is 72.8 Å². The molecule has 32 heavy (non-hydrogen) atoms. The molecule has 0 saturated carbocycles. The van der Waals surface area contributed by atoms with Gasteiger partial charge in [0.25, 0.3) is 11.4 Å². The topological polar surface area (TPSA) is 98.3 Å². The molecule has 7 nitrogen and oxygen atoms in total. The Morgan fingerprint density at radius 2 is 1.22 bits per heavy atom. The van der Waals surface area contributed by atoms with Gasteiger partial charge >= 0.3 is 18.5 Å². The van der Waals surface area contributed by atoms with Gasteiger partial charge in [-0.2, -0.15) is 39.5 Å². The fourth-order valence-electron chi connectivity index (χ4n) is 2.48. The van der Waals surface area contributed by atoms with Crippen molar-refractivity contribution in [3.63, 3.8) is 0 Å². The molecular weight excluding hydrogens is 493 g/mol. The third-order valence-electron chi connectivity index (χ3n) is 3.79. The summed E-state index contributed by atoms with van der Waals surface area (Å²) in [5.74, 6) is 0. The molecule has 0 amide bonds. The van der Waals surface area contributed by atoms with Gasteiger partial charge in [0.2, 0.25) is 0 Å². The van der Waals surface area contributed by atoms with Crippen LogP contribution in [0.4, 0.5) is 62.3 Å². The molecule has 0 bridgehead atoms. The molecule has 0 fully saturated rings. The van der Waals surface area contributed by atoms with Crippen LogP contribution in [0.3, 0.4) is 0 Å². The number of hydrogen-bond acceptors (Lipinski definition) is 5. The van der Waals surface area contributed by atoms with Crippen molar-refractivity contribution in [2.75, 3.05) is 5.32 Å². The highest BCUT2D eigenvalue weighted by molar-refractivity contribution is 6.31. The smallest absolute Gasteiger partial charge is 0.349 e. The van der Waals surface area contributed by atoms with Crippen LogP contribution in [0.15, 0.2) is 24.3 Å². The van der Waals surface area contributed by atoms with Crippen LogP contribution >= 0.6 is 11.6 Å². The summed E-state index contributed by atoms with van der Waals surface area (Å²) in [4.78, 5) is 19.0. The van der Waals surface area contributed by atoms with E-state index in [1.165, 1.54) is 5.32 Å². The third kappa shape index (κ3) is 5.12. The van der Waals surface area contributed by atoms with E-state index in [-0.39, 0.29) is 24.3 Å². The number of nitrogens with one attached hydrogen (secondary N) is 1. The van der Waals surface area contributed by atoms with Crippen LogP contribution in [0.2, 0.25) is 5.02 Å². The van der Waals surface area contributed by atoms with Gasteiger partial charge in [-0.15, -0.1) is 0 Å². The van der Waals surface area contributed by atoms with Gasteiger partial charge in [-0.1, -0.05) is 11.6 Å². The first-order chi connectivity index (χ1) is 14.3. The fraction of sp³-hybridized carbons (Fsp3) is 0.200. The van der Waals surface area contributed by atoms with E-state index in [1.807, 2.05) is 0 Å². The zero-order valence-electron chi connectivity index (χ0n) is 14.6. The van der Waals surface area contributed by atoms with Gasteiger partial charge in [0.15, 0.2) is 0 Å². The van der Waals surface area contributed by atoms with Crippen molar-refractivity contribution in [1.82, 2.24) is 0 Å². The van der Waals surface area contributed by atoms with Crippen molar-refractivity contribution in [3.8, 4) is 0 Å². The number of nitrogens with zero attached hydrogens (tertiary/aromatic N) is 2. The van der Waals surface area contributed by atoms with E-state index in [0.717, 1.165) is 0 Å². The van der Waals surface area contributed by atoms with Gasteiger partial charge in [-0.25, -0.2) is 0 Å². The Bertz CT molecular complexity index is 1100. The Hall–Kier alpha value is -3.30. The molecule has 0 saturated heterocycles. The highest BCUT2D eigenvalue weighted by Crippen LogP contribution is 2.47.